The van der Waals surface area contributed by atoms with Crippen LogP contribution in [0.2, 0.25) is 0 Å². The Balaban J connectivity index is 2.50. The summed E-state index contributed by atoms with van der Waals surface area (Å²) in [4.78, 5) is 1.28. The molecule has 0 fully saturated rings. The van der Waals surface area contributed by atoms with Crippen molar-refractivity contribution in [3.05, 3.63) is 41.5 Å². The maximum Gasteiger partial charge on any atom is 0.0641 e. The van der Waals surface area contributed by atoms with Crippen molar-refractivity contribution in [3.8, 4) is 0 Å². The van der Waals surface area contributed by atoms with E-state index in [-0.39, 0.29) is 6.61 Å². The third kappa shape index (κ3) is 3.56. The molecule has 0 aliphatic carbocycles. The van der Waals surface area contributed by atoms with Gasteiger partial charge in [0.15, 0.2) is 0 Å². The Labute approximate surface area is 89.8 Å². The van der Waals surface area contributed by atoms with E-state index in [9.17, 15) is 0 Å². The normalized spacial score (nSPS) is 12.5. The van der Waals surface area contributed by atoms with E-state index >= 15 is 0 Å². The zero-order valence-electron chi connectivity index (χ0n) is 8.66. The Morgan fingerprint density at radius 2 is 1.79 bits per heavy atom. The third-order valence-electron chi connectivity index (χ3n) is 2.16. The van der Waals surface area contributed by atoms with Gasteiger partial charge in [-0.3, -0.25) is 0 Å². The lowest BCUT2D eigenvalue weighted by Crippen LogP contribution is -1.92. The van der Waals surface area contributed by atoms with E-state index in [1.165, 1.54) is 10.5 Å². The minimum Gasteiger partial charge on any atom is -0.392 e. The van der Waals surface area contributed by atoms with Crippen LogP contribution >= 0.6 is 11.8 Å². The number of hydrogen-bond acceptors (Lipinski definition) is 2. The van der Waals surface area contributed by atoms with Crippen molar-refractivity contribution in [3.63, 3.8) is 0 Å². The zero-order chi connectivity index (χ0) is 10.4. The SMILES string of the molecule is C/C(CO)=C(/C)CSc1ccccc1. The lowest BCUT2D eigenvalue weighted by molar-refractivity contribution is 0.330. The minimum atomic E-state index is 0.168. The van der Waals surface area contributed by atoms with E-state index in [1.54, 1.807) is 11.8 Å². The van der Waals surface area contributed by atoms with Crippen LogP contribution in [-0.2, 0) is 0 Å². The molecule has 0 bridgehead atoms. The van der Waals surface area contributed by atoms with Crippen molar-refractivity contribution in [1.29, 1.82) is 0 Å². The molecule has 1 nitrogen and oxygen atoms in total. The summed E-state index contributed by atoms with van der Waals surface area (Å²) in [6.45, 7) is 4.21. The highest BCUT2D eigenvalue weighted by atomic mass is 32.2. The van der Waals surface area contributed by atoms with Gasteiger partial charge in [0, 0.05) is 10.6 Å². The fourth-order valence-corrected chi connectivity index (χ4v) is 1.95. The lowest BCUT2D eigenvalue weighted by Gasteiger charge is -2.05. The van der Waals surface area contributed by atoms with Gasteiger partial charge in [0.2, 0.25) is 0 Å². The van der Waals surface area contributed by atoms with Crippen molar-refractivity contribution in [2.24, 2.45) is 0 Å². The van der Waals surface area contributed by atoms with Gasteiger partial charge in [0.05, 0.1) is 6.61 Å². The summed E-state index contributed by atoms with van der Waals surface area (Å²) >= 11 is 1.80. The molecule has 0 aromatic heterocycles. The number of aliphatic hydroxyl groups excluding tert-OH is 1. The highest BCUT2D eigenvalue weighted by Crippen LogP contribution is 2.20. The predicted molar refractivity (Wildman–Crippen MR) is 62.6 cm³/mol. The summed E-state index contributed by atoms with van der Waals surface area (Å²) in [7, 11) is 0. The second kappa shape index (κ2) is 5.89. The van der Waals surface area contributed by atoms with Crippen LogP contribution < -0.4 is 0 Å². The first-order valence-corrected chi connectivity index (χ1v) is 5.66. The average molecular weight is 208 g/mol. The number of rotatable bonds is 4. The largest absolute Gasteiger partial charge is 0.392 e. The molecular formula is C12H16OS. The van der Waals surface area contributed by atoms with E-state index in [4.69, 9.17) is 5.11 Å². The van der Waals surface area contributed by atoms with Crippen LogP contribution in [0.15, 0.2) is 46.4 Å². The van der Waals surface area contributed by atoms with E-state index in [0.29, 0.717) is 0 Å². The summed E-state index contributed by atoms with van der Waals surface area (Å²) in [6, 6.07) is 10.3. The third-order valence-corrected chi connectivity index (χ3v) is 3.35. The first-order chi connectivity index (χ1) is 6.74. The molecule has 0 spiro atoms. The van der Waals surface area contributed by atoms with Crippen LogP contribution in [0.5, 0.6) is 0 Å². The summed E-state index contributed by atoms with van der Waals surface area (Å²) in [6.07, 6.45) is 0. The van der Waals surface area contributed by atoms with E-state index < -0.39 is 0 Å². The predicted octanol–water partition coefficient (Wildman–Crippen LogP) is 3.11. The molecule has 1 aromatic carbocycles. The van der Waals surface area contributed by atoms with Gasteiger partial charge in [-0.1, -0.05) is 23.8 Å². The molecule has 76 valence electrons. The first kappa shape index (κ1) is 11.3. The molecular weight excluding hydrogens is 192 g/mol. The topological polar surface area (TPSA) is 20.2 Å². The molecule has 0 unspecified atom stereocenters. The van der Waals surface area contributed by atoms with Crippen LogP contribution in [-0.4, -0.2) is 17.5 Å². The van der Waals surface area contributed by atoms with Crippen LogP contribution in [0.4, 0.5) is 0 Å². The van der Waals surface area contributed by atoms with Gasteiger partial charge >= 0.3 is 0 Å². The van der Waals surface area contributed by atoms with Gasteiger partial charge in [-0.15, -0.1) is 11.8 Å². The fourth-order valence-electron chi connectivity index (χ4n) is 0.966. The molecule has 1 N–H and O–H groups in total. The van der Waals surface area contributed by atoms with Gasteiger partial charge < -0.3 is 5.11 Å². The average Bonchev–Trinajstić information content (AvgIpc) is 2.26. The summed E-state index contributed by atoms with van der Waals surface area (Å²) in [5, 5.41) is 8.94. The second-order valence-electron chi connectivity index (χ2n) is 3.32. The summed E-state index contributed by atoms with van der Waals surface area (Å²) in [5.41, 5.74) is 2.34. The molecule has 0 saturated heterocycles. The molecule has 0 aliphatic rings. The van der Waals surface area contributed by atoms with Gasteiger partial charge in [0.25, 0.3) is 0 Å². The monoisotopic (exact) mass is 208 g/mol. The van der Waals surface area contributed by atoms with Crippen LogP contribution in [0.25, 0.3) is 0 Å². The Morgan fingerprint density at radius 1 is 1.14 bits per heavy atom. The standard InChI is InChI=1S/C12H16OS/c1-10(8-13)11(2)9-14-12-6-4-3-5-7-12/h3-7,13H,8-9H2,1-2H3/b11-10+. The molecule has 0 saturated carbocycles. The van der Waals surface area contributed by atoms with Gasteiger partial charge in [0.1, 0.15) is 0 Å². The molecule has 1 rings (SSSR count). The highest BCUT2D eigenvalue weighted by Gasteiger charge is 1.97. The first-order valence-electron chi connectivity index (χ1n) is 4.68. The maximum atomic E-state index is 8.94. The molecule has 0 heterocycles. The van der Waals surface area contributed by atoms with Crippen LogP contribution in [0, 0.1) is 0 Å². The fraction of sp³-hybridized carbons (Fsp3) is 0.333. The molecule has 2 heteroatoms. The number of hydrogen-bond donors (Lipinski definition) is 1. The van der Waals surface area contributed by atoms with Crippen molar-refractivity contribution in [1.82, 2.24) is 0 Å². The van der Waals surface area contributed by atoms with Crippen molar-refractivity contribution in [2.45, 2.75) is 18.7 Å². The van der Waals surface area contributed by atoms with E-state index in [0.717, 1.165) is 11.3 Å². The van der Waals surface area contributed by atoms with Gasteiger partial charge in [-0.05, 0) is 31.6 Å². The quantitative estimate of drug-likeness (QED) is 0.606. The zero-order valence-corrected chi connectivity index (χ0v) is 9.47. The molecule has 1 aromatic rings. The van der Waals surface area contributed by atoms with Crippen molar-refractivity contribution < 1.29 is 5.11 Å². The van der Waals surface area contributed by atoms with Crippen molar-refractivity contribution >= 4 is 11.8 Å². The molecule has 0 radical (unpaired) electrons. The minimum absolute atomic E-state index is 0.168. The molecule has 0 aliphatic heterocycles. The molecule has 0 amide bonds. The van der Waals surface area contributed by atoms with Crippen LogP contribution in [0.3, 0.4) is 0 Å². The van der Waals surface area contributed by atoms with Crippen molar-refractivity contribution in [2.75, 3.05) is 12.4 Å². The Kier molecular flexibility index (Phi) is 4.77. The lowest BCUT2D eigenvalue weighted by atomic mass is 10.2. The van der Waals surface area contributed by atoms with Gasteiger partial charge in [-0.2, -0.15) is 0 Å². The number of thioether (sulfide) groups is 1. The number of benzene rings is 1. The second-order valence-corrected chi connectivity index (χ2v) is 4.37. The van der Waals surface area contributed by atoms with E-state index in [2.05, 4.69) is 19.1 Å². The Bertz CT molecular complexity index is 303. The Hall–Kier alpha value is -0.730. The Morgan fingerprint density at radius 3 is 2.36 bits per heavy atom. The van der Waals surface area contributed by atoms with Gasteiger partial charge in [-0.25, -0.2) is 0 Å². The van der Waals surface area contributed by atoms with E-state index in [1.807, 2.05) is 25.1 Å². The number of aliphatic hydroxyl groups is 1. The van der Waals surface area contributed by atoms with Crippen LogP contribution in [0.1, 0.15) is 13.8 Å². The maximum absolute atomic E-state index is 8.94. The highest BCUT2D eigenvalue weighted by molar-refractivity contribution is 7.99. The summed E-state index contributed by atoms with van der Waals surface area (Å²) in [5.74, 6) is 0.955. The molecule has 0 atom stereocenters. The molecule has 14 heavy (non-hydrogen) atoms. The summed E-state index contributed by atoms with van der Waals surface area (Å²) < 4.78 is 0. The smallest absolute Gasteiger partial charge is 0.0641 e.